The van der Waals surface area contributed by atoms with Gasteiger partial charge in [-0.15, -0.1) is 0 Å². The van der Waals surface area contributed by atoms with Crippen LogP contribution in [0.4, 0.5) is 0 Å². The highest BCUT2D eigenvalue weighted by Crippen LogP contribution is 2.37. The highest BCUT2D eigenvalue weighted by molar-refractivity contribution is 4.95. The van der Waals surface area contributed by atoms with Crippen LogP contribution in [-0.2, 0) is 9.47 Å². The Balaban J connectivity index is 1.98. The van der Waals surface area contributed by atoms with Crippen LogP contribution < -0.4 is 5.73 Å². The van der Waals surface area contributed by atoms with Crippen LogP contribution in [0.1, 0.15) is 13.3 Å². The topological polar surface area (TPSA) is 64.7 Å². The summed E-state index contributed by atoms with van der Waals surface area (Å²) in [7, 11) is 0. The second-order valence-electron chi connectivity index (χ2n) is 3.95. The molecule has 0 aliphatic carbocycles. The van der Waals surface area contributed by atoms with E-state index in [9.17, 15) is 0 Å². The zero-order valence-electron chi connectivity index (χ0n) is 7.85. The predicted octanol–water partition coefficient (Wildman–Crippen LogP) is -0.502. The molecule has 0 radical (unpaired) electrons. The van der Waals surface area contributed by atoms with E-state index >= 15 is 0 Å². The van der Waals surface area contributed by atoms with Crippen LogP contribution in [0.2, 0.25) is 0 Å². The number of fused-ring (bicyclic) bond motifs is 1. The molecule has 2 heterocycles. The maximum atomic E-state index is 9.01. The van der Waals surface area contributed by atoms with Gasteiger partial charge in [0, 0.05) is 18.9 Å². The third kappa shape index (κ3) is 1.48. The van der Waals surface area contributed by atoms with Gasteiger partial charge in [-0.1, -0.05) is 6.92 Å². The molecular formula is C9H17NO3. The molecule has 5 atom stereocenters. The fraction of sp³-hybridized carbons (Fsp3) is 1.00. The van der Waals surface area contributed by atoms with E-state index < -0.39 is 0 Å². The summed E-state index contributed by atoms with van der Waals surface area (Å²) >= 11 is 0. The molecule has 0 aromatic rings. The quantitative estimate of drug-likeness (QED) is 0.611. The molecule has 2 rings (SSSR count). The van der Waals surface area contributed by atoms with E-state index in [0.717, 1.165) is 6.42 Å². The van der Waals surface area contributed by atoms with Crippen molar-refractivity contribution in [1.29, 1.82) is 0 Å². The molecule has 76 valence electrons. The highest BCUT2D eigenvalue weighted by Gasteiger charge is 2.48. The number of aliphatic hydroxyl groups is 1. The molecule has 0 saturated carbocycles. The van der Waals surface area contributed by atoms with Crippen LogP contribution in [-0.4, -0.2) is 42.7 Å². The van der Waals surface area contributed by atoms with Crippen molar-refractivity contribution in [3.63, 3.8) is 0 Å². The smallest absolute Gasteiger partial charge is 0.0893 e. The number of rotatable bonds is 2. The van der Waals surface area contributed by atoms with Gasteiger partial charge in [0.1, 0.15) is 0 Å². The first-order valence-corrected chi connectivity index (χ1v) is 4.88. The molecule has 2 saturated heterocycles. The van der Waals surface area contributed by atoms with E-state index in [1.54, 1.807) is 0 Å². The van der Waals surface area contributed by atoms with Gasteiger partial charge < -0.3 is 20.3 Å². The number of hydrogen-bond acceptors (Lipinski definition) is 4. The minimum atomic E-state index is -0.0475. The Morgan fingerprint density at radius 1 is 1.46 bits per heavy atom. The Morgan fingerprint density at radius 2 is 2.23 bits per heavy atom. The number of nitrogens with two attached hydrogens (primary N) is 1. The number of aliphatic hydroxyl groups excluding tert-OH is 1. The number of hydrogen-bond donors (Lipinski definition) is 2. The fourth-order valence-electron chi connectivity index (χ4n) is 2.28. The minimum Gasteiger partial charge on any atom is -0.394 e. The average Bonchev–Trinajstić information content (AvgIpc) is 2.65. The summed E-state index contributed by atoms with van der Waals surface area (Å²) in [5.41, 5.74) is 5.52. The van der Waals surface area contributed by atoms with Crippen LogP contribution in [0.25, 0.3) is 0 Å². The predicted molar refractivity (Wildman–Crippen MR) is 47.2 cm³/mol. The summed E-state index contributed by atoms with van der Waals surface area (Å²) in [5, 5.41) is 9.01. The maximum Gasteiger partial charge on any atom is 0.0893 e. The third-order valence-corrected chi connectivity index (χ3v) is 3.11. The molecule has 0 spiro atoms. The third-order valence-electron chi connectivity index (χ3n) is 3.11. The second kappa shape index (κ2) is 3.53. The van der Waals surface area contributed by atoms with Gasteiger partial charge in [-0.2, -0.15) is 0 Å². The van der Waals surface area contributed by atoms with Crippen LogP contribution >= 0.6 is 0 Å². The summed E-state index contributed by atoms with van der Waals surface area (Å²) in [5.74, 6) is 0.284. The Bertz CT molecular complexity index is 188. The molecule has 13 heavy (non-hydrogen) atoms. The van der Waals surface area contributed by atoms with Crippen molar-refractivity contribution >= 4 is 0 Å². The standard InChI is InChI=1S/C9H17NO3/c1-5-8(4-11)13-7-2-6(3-10)12-9(5)7/h5-9,11H,2-4,10H2,1H3/t5-,6-,7+,8-,9+/m1/s1. The van der Waals surface area contributed by atoms with Crippen LogP contribution in [0, 0.1) is 5.92 Å². The van der Waals surface area contributed by atoms with Gasteiger partial charge in [0.05, 0.1) is 31.0 Å². The minimum absolute atomic E-state index is 0.0475. The summed E-state index contributed by atoms with van der Waals surface area (Å²) in [4.78, 5) is 0. The first kappa shape index (κ1) is 9.40. The molecular weight excluding hydrogens is 170 g/mol. The lowest BCUT2D eigenvalue weighted by Crippen LogP contribution is -2.28. The van der Waals surface area contributed by atoms with Gasteiger partial charge in [0.25, 0.3) is 0 Å². The number of ether oxygens (including phenoxy) is 2. The molecule has 0 amide bonds. The van der Waals surface area contributed by atoms with E-state index in [0.29, 0.717) is 6.54 Å². The van der Waals surface area contributed by atoms with Gasteiger partial charge in [-0.3, -0.25) is 0 Å². The van der Waals surface area contributed by atoms with Gasteiger partial charge in [-0.05, 0) is 0 Å². The fourth-order valence-corrected chi connectivity index (χ4v) is 2.28. The van der Waals surface area contributed by atoms with Crippen molar-refractivity contribution in [3.8, 4) is 0 Å². The van der Waals surface area contributed by atoms with Crippen LogP contribution in [0.5, 0.6) is 0 Å². The Morgan fingerprint density at radius 3 is 2.77 bits per heavy atom. The molecule has 2 aliphatic rings. The largest absolute Gasteiger partial charge is 0.394 e. The average molecular weight is 187 g/mol. The monoisotopic (exact) mass is 187 g/mol. The SMILES string of the molecule is C[C@H]1[C@@H]2O[C@@H](CN)C[C@@H]2O[C@@H]1CO. The highest BCUT2D eigenvalue weighted by atomic mass is 16.6. The van der Waals surface area contributed by atoms with Gasteiger partial charge >= 0.3 is 0 Å². The Labute approximate surface area is 78.0 Å². The molecule has 3 N–H and O–H groups in total. The molecule has 4 heteroatoms. The van der Waals surface area contributed by atoms with Crippen molar-refractivity contribution in [3.05, 3.63) is 0 Å². The van der Waals surface area contributed by atoms with E-state index in [1.165, 1.54) is 0 Å². The maximum absolute atomic E-state index is 9.01. The van der Waals surface area contributed by atoms with Gasteiger partial charge in [0.2, 0.25) is 0 Å². The summed E-state index contributed by atoms with van der Waals surface area (Å²) in [6.45, 7) is 2.71. The zero-order valence-corrected chi connectivity index (χ0v) is 7.85. The zero-order chi connectivity index (χ0) is 9.42. The summed E-state index contributed by atoms with van der Waals surface area (Å²) in [6.07, 6.45) is 1.28. The molecule has 0 aromatic heterocycles. The molecule has 0 unspecified atom stereocenters. The molecule has 0 aromatic carbocycles. The Kier molecular flexibility index (Phi) is 2.55. The van der Waals surface area contributed by atoms with Crippen molar-refractivity contribution in [2.24, 2.45) is 11.7 Å². The molecule has 2 fully saturated rings. The Hall–Kier alpha value is -0.160. The first-order valence-electron chi connectivity index (χ1n) is 4.88. The summed E-state index contributed by atoms with van der Waals surface area (Å²) < 4.78 is 11.4. The molecule has 0 bridgehead atoms. The van der Waals surface area contributed by atoms with Crippen LogP contribution in [0.3, 0.4) is 0 Å². The molecule has 4 nitrogen and oxygen atoms in total. The lowest BCUT2D eigenvalue weighted by molar-refractivity contribution is -0.00263. The van der Waals surface area contributed by atoms with Crippen molar-refractivity contribution < 1.29 is 14.6 Å². The van der Waals surface area contributed by atoms with E-state index in [2.05, 4.69) is 6.92 Å². The van der Waals surface area contributed by atoms with Gasteiger partial charge in [0.15, 0.2) is 0 Å². The molecule has 2 aliphatic heterocycles. The first-order chi connectivity index (χ1) is 6.26. The second-order valence-corrected chi connectivity index (χ2v) is 3.95. The normalized spacial score (nSPS) is 49.6. The van der Waals surface area contributed by atoms with Gasteiger partial charge in [-0.25, -0.2) is 0 Å². The van der Waals surface area contributed by atoms with E-state index in [1.807, 2.05) is 0 Å². The van der Waals surface area contributed by atoms with Crippen LogP contribution in [0.15, 0.2) is 0 Å². The van der Waals surface area contributed by atoms with E-state index in [-0.39, 0.29) is 36.9 Å². The lowest BCUT2D eigenvalue weighted by Gasteiger charge is -2.17. The lowest BCUT2D eigenvalue weighted by atomic mass is 9.99. The van der Waals surface area contributed by atoms with E-state index in [4.69, 9.17) is 20.3 Å². The summed E-state index contributed by atoms with van der Waals surface area (Å²) in [6, 6.07) is 0. The van der Waals surface area contributed by atoms with Crippen molar-refractivity contribution in [1.82, 2.24) is 0 Å². The van der Waals surface area contributed by atoms with Crippen molar-refractivity contribution in [2.75, 3.05) is 13.2 Å². The van der Waals surface area contributed by atoms with Crippen molar-refractivity contribution in [2.45, 2.75) is 37.8 Å².